The van der Waals surface area contributed by atoms with Gasteiger partial charge in [-0.15, -0.1) is 0 Å². The Bertz CT molecular complexity index is 2670. The molecule has 62 heavy (non-hydrogen) atoms. The van der Waals surface area contributed by atoms with Crippen LogP contribution in [0.5, 0.6) is 0 Å². The van der Waals surface area contributed by atoms with E-state index in [2.05, 4.69) is 268 Å². The van der Waals surface area contributed by atoms with Crippen LogP contribution >= 0.6 is 0 Å². The number of hydrogen-bond donors (Lipinski definition) is 0. The number of hydrogen-bond acceptors (Lipinski definition) is 3. The van der Waals surface area contributed by atoms with Crippen LogP contribution in [0, 0.1) is 34.6 Å². The van der Waals surface area contributed by atoms with Crippen LogP contribution in [0.15, 0.2) is 218 Å². The second-order valence-electron chi connectivity index (χ2n) is 16.4. The van der Waals surface area contributed by atoms with Gasteiger partial charge in [0.05, 0.1) is 0 Å². The zero-order valence-electron chi connectivity index (χ0n) is 36.1. The lowest BCUT2D eigenvalue weighted by Gasteiger charge is -2.27. The molecule has 0 saturated heterocycles. The van der Waals surface area contributed by atoms with Gasteiger partial charge in [0.2, 0.25) is 0 Å². The first-order valence-corrected chi connectivity index (χ1v) is 21.4. The molecule has 0 N–H and O–H groups in total. The Labute approximate surface area is 367 Å². The van der Waals surface area contributed by atoms with Crippen LogP contribution in [-0.2, 0) is 0 Å². The minimum absolute atomic E-state index is 1.10. The van der Waals surface area contributed by atoms with Gasteiger partial charge in [0.1, 0.15) is 0 Å². The third-order valence-corrected chi connectivity index (χ3v) is 11.5. The molecule has 0 aliphatic rings. The minimum Gasteiger partial charge on any atom is -0.310 e. The summed E-state index contributed by atoms with van der Waals surface area (Å²) in [6.07, 6.45) is 0. The third-order valence-electron chi connectivity index (χ3n) is 11.5. The maximum atomic E-state index is 2.34. The lowest BCUT2D eigenvalue weighted by atomic mass is 10.0. The zero-order chi connectivity index (χ0) is 42.6. The highest BCUT2D eigenvalue weighted by atomic mass is 15.2. The molecule has 0 radical (unpaired) electrons. The van der Waals surface area contributed by atoms with Gasteiger partial charge in [-0.1, -0.05) is 109 Å². The van der Waals surface area contributed by atoms with Gasteiger partial charge in [-0.25, -0.2) is 0 Å². The SMILES string of the molecule is Cc1cccc(N(c2ccc(-c3ccc(N(c4cccc(C)c4)c4cccc(C)c4)cc3)cc2)c2ccc(-c3ccc(N(c4cccc(C)c4)c4cccc(C)c4)cc3)cc2)c1. The van der Waals surface area contributed by atoms with Crippen molar-refractivity contribution in [1.29, 1.82) is 0 Å². The van der Waals surface area contributed by atoms with E-state index in [1.807, 2.05) is 0 Å². The predicted molar refractivity (Wildman–Crippen MR) is 265 cm³/mol. The number of rotatable bonds is 11. The van der Waals surface area contributed by atoms with Gasteiger partial charge < -0.3 is 14.7 Å². The molecule has 9 aromatic carbocycles. The number of aryl methyl sites for hydroxylation is 5. The van der Waals surface area contributed by atoms with Crippen molar-refractivity contribution >= 4 is 51.2 Å². The molecule has 0 aliphatic carbocycles. The fourth-order valence-electron chi connectivity index (χ4n) is 8.39. The smallest absolute Gasteiger partial charge is 0.0464 e. The largest absolute Gasteiger partial charge is 0.310 e. The molecule has 0 saturated carbocycles. The van der Waals surface area contributed by atoms with Crippen LogP contribution in [0.25, 0.3) is 22.3 Å². The highest BCUT2D eigenvalue weighted by molar-refractivity contribution is 5.83. The Morgan fingerprint density at radius 1 is 0.194 bits per heavy atom. The van der Waals surface area contributed by atoms with Crippen LogP contribution in [0.3, 0.4) is 0 Å². The minimum atomic E-state index is 1.10. The van der Waals surface area contributed by atoms with E-state index in [9.17, 15) is 0 Å². The van der Waals surface area contributed by atoms with Crippen molar-refractivity contribution in [3.63, 3.8) is 0 Å². The lowest BCUT2D eigenvalue weighted by molar-refractivity contribution is 1.26. The lowest BCUT2D eigenvalue weighted by Crippen LogP contribution is -2.10. The first-order chi connectivity index (χ1) is 30.3. The van der Waals surface area contributed by atoms with E-state index in [0.717, 1.165) is 51.2 Å². The van der Waals surface area contributed by atoms with Crippen LogP contribution in [0.1, 0.15) is 27.8 Å². The second-order valence-corrected chi connectivity index (χ2v) is 16.4. The van der Waals surface area contributed by atoms with Crippen molar-refractivity contribution in [2.24, 2.45) is 0 Å². The number of anilines is 9. The molecule has 3 heteroatoms. The van der Waals surface area contributed by atoms with Gasteiger partial charge >= 0.3 is 0 Å². The van der Waals surface area contributed by atoms with Gasteiger partial charge in [-0.3, -0.25) is 0 Å². The fourth-order valence-corrected chi connectivity index (χ4v) is 8.39. The zero-order valence-corrected chi connectivity index (χ0v) is 36.1. The summed E-state index contributed by atoms with van der Waals surface area (Å²) in [5.74, 6) is 0. The summed E-state index contributed by atoms with van der Waals surface area (Å²) < 4.78 is 0. The summed E-state index contributed by atoms with van der Waals surface area (Å²) in [5.41, 5.74) is 21.0. The quantitative estimate of drug-likeness (QED) is 0.129. The second kappa shape index (κ2) is 17.5. The van der Waals surface area contributed by atoms with Gasteiger partial charge in [0, 0.05) is 51.2 Å². The summed E-state index contributed by atoms with van der Waals surface area (Å²) in [6, 6.07) is 79.2. The molecule has 0 amide bonds. The van der Waals surface area contributed by atoms with Crippen molar-refractivity contribution in [1.82, 2.24) is 0 Å². The summed E-state index contributed by atoms with van der Waals surface area (Å²) in [5, 5.41) is 0. The Hall–Kier alpha value is -7.62. The van der Waals surface area contributed by atoms with Crippen molar-refractivity contribution < 1.29 is 0 Å². The molecule has 302 valence electrons. The molecule has 9 rings (SSSR count). The third kappa shape index (κ3) is 8.66. The summed E-state index contributed by atoms with van der Waals surface area (Å²) in [4.78, 5) is 7.01. The molecule has 0 spiro atoms. The highest BCUT2D eigenvalue weighted by Gasteiger charge is 2.17. The maximum Gasteiger partial charge on any atom is 0.0464 e. The van der Waals surface area contributed by atoms with E-state index in [-0.39, 0.29) is 0 Å². The molecule has 0 aliphatic heterocycles. The van der Waals surface area contributed by atoms with E-state index < -0.39 is 0 Å². The average molecular weight is 802 g/mol. The van der Waals surface area contributed by atoms with Crippen LogP contribution in [0.4, 0.5) is 51.2 Å². The molecule has 0 aromatic heterocycles. The van der Waals surface area contributed by atoms with Gasteiger partial charge in [-0.05, 0) is 194 Å². The van der Waals surface area contributed by atoms with E-state index in [1.54, 1.807) is 0 Å². The van der Waals surface area contributed by atoms with Crippen LogP contribution in [-0.4, -0.2) is 0 Å². The topological polar surface area (TPSA) is 9.72 Å². The van der Waals surface area contributed by atoms with Gasteiger partial charge in [0.25, 0.3) is 0 Å². The van der Waals surface area contributed by atoms with Crippen LogP contribution < -0.4 is 14.7 Å². The summed E-state index contributed by atoms with van der Waals surface area (Å²) in [7, 11) is 0. The number of nitrogens with zero attached hydrogens (tertiary/aromatic N) is 3. The molecule has 0 heterocycles. The van der Waals surface area contributed by atoms with E-state index in [0.29, 0.717) is 0 Å². The Kier molecular flexibility index (Phi) is 11.3. The first kappa shape index (κ1) is 39.8. The summed E-state index contributed by atoms with van der Waals surface area (Å²) >= 11 is 0. The maximum absolute atomic E-state index is 2.34. The highest BCUT2D eigenvalue weighted by Crippen LogP contribution is 2.40. The first-order valence-electron chi connectivity index (χ1n) is 21.4. The van der Waals surface area contributed by atoms with Gasteiger partial charge in [0.15, 0.2) is 0 Å². The molecule has 9 aromatic rings. The van der Waals surface area contributed by atoms with Crippen molar-refractivity contribution in [3.05, 3.63) is 246 Å². The van der Waals surface area contributed by atoms with E-state index in [4.69, 9.17) is 0 Å². The summed E-state index contributed by atoms with van der Waals surface area (Å²) in [6.45, 7) is 10.7. The van der Waals surface area contributed by atoms with E-state index in [1.165, 1.54) is 50.1 Å². The normalized spacial score (nSPS) is 11.0. The Morgan fingerprint density at radius 3 is 0.548 bits per heavy atom. The monoisotopic (exact) mass is 801 g/mol. The molecule has 0 fully saturated rings. The van der Waals surface area contributed by atoms with Crippen LogP contribution in [0.2, 0.25) is 0 Å². The number of benzene rings is 9. The standard InChI is InChI=1S/C59H51N3/c1-42-11-6-16-55(37-42)60(51-29-21-47(22-30-51)49-25-33-53(34-26-49)61(56-17-7-12-43(2)38-56)57-18-8-13-44(3)39-57)52-31-23-48(24-32-52)50-27-35-54(36-28-50)62(58-19-9-14-45(4)40-58)59-20-10-15-46(5)41-59/h6-41H,1-5H3. The average Bonchev–Trinajstić information content (AvgIpc) is 3.28. The van der Waals surface area contributed by atoms with E-state index >= 15 is 0 Å². The van der Waals surface area contributed by atoms with Crippen molar-refractivity contribution in [2.45, 2.75) is 34.6 Å². The molecular formula is C59H51N3. The molecular weight excluding hydrogens is 751 g/mol. The molecule has 3 nitrogen and oxygen atoms in total. The fraction of sp³-hybridized carbons (Fsp3) is 0.0847. The predicted octanol–water partition coefficient (Wildman–Crippen LogP) is 17.0. The Balaban J connectivity index is 0.989. The van der Waals surface area contributed by atoms with Gasteiger partial charge in [-0.2, -0.15) is 0 Å². The van der Waals surface area contributed by atoms with Crippen molar-refractivity contribution in [2.75, 3.05) is 14.7 Å². The Morgan fingerprint density at radius 2 is 0.371 bits per heavy atom. The molecule has 0 atom stereocenters. The molecule has 0 unspecified atom stereocenters. The molecule has 0 bridgehead atoms. The van der Waals surface area contributed by atoms with Crippen molar-refractivity contribution in [3.8, 4) is 22.3 Å².